The summed E-state index contributed by atoms with van der Waals surface area (Å²) in [5.74, 6) is 1.33. The summed E-state index contributed by atoms with van der Waals surface area (Å²) in [6, 6.07) is 7.88. The van der Waals surface area contributed by atoms with E-state index < -0.39 is 6.10 Å². The summed E-state index contributed by atoms with van der Waals surface area (Å²) in [5.41, 5.74) is 8.05. The molecule has 0 spiro atoms. The first kappa shape index (κ1) is 18.2. The van der Waals surface area contributed by atoms with E-state index in [1.165, 1.54) is 0 Å². The SMILES string of the molecule is Cc1cccc(C(O)CN=C(N)N2CCC(C)CC2)c1.I. The van der Waals surface area contributed by atoms with Gasteiger partial charge in [-0.1, -0.05) is 36.8 Å². The molecule has 0 aromatic heterocycles. The van der Waals surface area contributed by atoms with Crippen LogP contribution in [0.5, 0.6) is 0 Å². The van der Waals surface area contributed by atoms with Gasteiger partial charge in [0.15, 0.2) is 5.96 Å². The third kappa shape index (κ3) is 5.47. The van der Waals surface area contributed by atoms with Gasteiger partial charge in [-0.05, 0) is 31.2 Å². The number of aliphatic imine (C=N–C) groups is 1. The molecule has 0 aliphatic carbocycles. The number of hydrogen-bond donors (Lipinski definition) is 2. The summed E-state index contributed by atoms with van der Waals surface area (Å²) < 4.78 is 0. The minimum Gasteiger partial charge on any atom is -0.386 e. The normalized spacial score (nSPS) is 18.2. The molecule has 0 saturated carbocycles. The fourth-order valence-corrected chi connectivity index (χ4v) is 2.50. The monoisotopic (exact) mass is 403 g/mol. The van der Waals surface area contributed by atoms with Crippen LogP contribution in [0.25, 0.3) is 0 Å². The van der Waals surface area contributed by atoms with Crippen molar-refractivity contribution in [1.82, 2.24) is 4.90 Å². The molecule has 1 aromatic carbocycles. The zero-order valence-corrected chi connectivity index (χ0v) is 15.2. The van der Waals surface area contributed by atoms with Crippen LogP contribution >= 0.6 is 24.0 Å². The van der Waals surface area contributed by atoms with E-state index in [-0.39, 0.29) is 24.0 Å². The number of benzene rings is 1. The smallest absolute Gasteiger partial charge is 0.191 e. The third-order valence-corrected chi connectivity index (χ3v) is 3.96. The van der Waals surface area contributed by atoms with E-state index in [1.54, 1.807) is 0 Å². The van der Waals surface area contributed by atoms with Crippen LogP contribution in [0.1, 0.15) is 37.0 Å². The van der Waals surface area contributed by atoms with E-state index >= 15 is 0 Å². The second-order valence-electron chi connectivity index (χ2n) is 5.80. The Morgan fingerprint density at radius 3 is 2.71 bits per heavy atom. The Morgan fingerprint density at radius 2 is 2.10 bits per heavy atom. The molecule has 1 aromatic rings. The average molecular weight is 403 g/mol. The highest BCUT2D eigenvalue weighted by Gasteiger charge is 2.17. The third-order valence-electron chi connectivity index (χ3n) is 3.96. The Hall–Kier alpha value is -0.820. The van der Waals surface area contributed by atoms with Crippen molar-refractivity contribution in [2.24, 2.45) is 16.6 Å². The van der Waals surface area contributed by atoms with Crippen LogP contribution in [-0.2, 0) is 0 Å². The minimum absolute atomic E-state index is 0. The Morgan fingerprint density at radius 1 is 1.43 bits per heavy atom. The van der Waals surface area contributed by atoms with Crippen LogP contribution < -0.4 is 5.73 Å². The number of piperidine rings is 1. The molecule has 118 valence electrons. The van der Waals surface area contributed by atoms with Crippen molar-refractivity contribution in [3.63, 3.8) is 0 Å². The number of aliphatic hydroxyl groups is 1. The minimum atomic E-state index is -0.586. The van der Waals surface area contributed by atoms with Gasteiger partial charge in [0.2, 0.25) is 0 Å². The lowest BCUT2D eigenvalue weighted by molar-refractivity contribution is 0.186. The Kier molecular flexibility index (Phi) is 7.45. The first-order valence-electron chi connectivity index (χ1n) is 7.35. The molecule has 1 aliphatic heterocycles. The van der Waals surface area contributed by atoms with Crippen molar-refractivity contribution >= 4 is 29.9 Å². The Balaban J connectivity index is 0.00000220. The number of hydrogen-bond acceptors (Lipinski definition) is 2. The average Bonchev–Trinajstić information content (AvgIpc) is 2.45. The van der Waals surface area contributed by atoms with E-state index in [4.69, 9.17) is 5.73 Å². The summed E-state index contributed by atoms with van der Waals surface area (Å²) in [6.45, 7) is 6.55. The summed E-state index contributed by atoms with van der Waals surface area (Å²) in [6.07, 6.45) is 1.74. The van der Waals surface area contributed by atoms with Crippen molar-refractivity contribution in [2.45, 2.75) is 32.8 Å². The number of aliphatic hydroxyl groups excluding tert-OH is 1. The zero-order chi connectivity index (χ0) is 14.5. The fourth-order valence-electron chi connectivity index (χ4n) is 2.50. The summed E-state index contributed by atoms with van der Waals surface area (Å²) in [5, 5.41) is 10.2. The van der Waals surface area contributed by atoms with Gasteiger partial charge in [-0.25, -0.2) is 0 Å². The van der Waals surface area contributed by atoms with Crippen molar-refractivity contribution in [2.75, 3.05) is 19.6 Å². The molecule has 1 saturated heterocycles. The molecule has 0 radical (unpaired) electrons. The molecule has 3 N–H and O–H groups in total. The van der Waals surface area contributed by atoms with Gasteiger partial charge >= 0.3 is 0 Å². The predicted octanol–water partition coefficient (Wildman–Crippen LogP) is 2.69. The van der Waals surface area contributed by atoms with Gasteiger partial charge in [-0.2, -0.15) is 0 Å². The number of nitrogens with two attached hydrogens (primary N) is 1. The summed E-state index contributed by atoms with van der Waals surface area (Å²) in [7, 11) is 0. The van der Waals surface area contributed by atoms with Crippen LogP contribution in [0.2, 0.25) is 0 Å². The molecule has 0 amide bonds. The lowest BCUT2D eigenvalue weighted by Crippen LogP contribution is -2.42. The molecule has 21 heavy (non-hydrogen) atoms. The lowest BCUT2D eigenvalue weighted by atomic mass is 10.00. The molecular weight excluding hydrogens is 377 g/mol. The highest BCUT2D eigenvalue weighted by atomic mass is 127. The molecular formula is C16H26IN3O. The van der Waals surface area contributed by atoms with Crippen LogP contribution in [0.3, 0.4) is 0 Å². The van der Waals surface area contributed by atoms with Gasteiger partial charge in [-0.3, -0.25) is 4.99 Å². The van der Waals surface area contributed by atoms with Crippen LogP contribution in [0, 0.1) is 12.8 Å². The maximum atomic E-state index is 10.2. The van der Waals surface area contributed by atoms with Crippen molar-refractivity contribution < 1.29 is 5.11 Å². The molecule has 2 rings (SSSR count). The molecule has 1 fully saturated rings. The molecule has 1 heterocycles. The fraction of sp³-hybridized carbons (Fsp3) is 0.562. The Bertz CT molecular complexity index is 470. The summed E-state index contributed by atoms with van der Waals surface area (Å²) >= 11 is 0. The van der Waals surface area contributed by atoms with E-state index in [9.17, 15) is 5.11 Å². The Labute approximate surface area is 144 Å². The van der Waals surface area contributed by atoms with E-state index in [1.807, 2.05) is 31.2 Å². The largest absolute Gasteiger partial charge is 0.386 e. The molecule has 1 unspecified atom stereocenters. The van der Waals surface area contributed by atoms with Crippen molar-refractivity contribution in [3.05, 3.63) is 35.4 Å². The molecule has 5 heteroatoms. The van der Waals surface area contributed by atoms with Gasteiger partial charge in [-0.15, -0.1) is 24.0 Å². The highest BCUT2D eigenvalue weighted by Crippen LogP contribution is 2.17. The number of aryl methyl sites for hydroxylation is 1. The first-order chi connectivity index (χ1) is 9.56. The van der Waals surface area contributed by atoms with Crippen LogP contribution in [-0.4, -0.2) is 35.6 Å². The van der Waals surface area contributed by atoms with Crippen LogP contribution in [0.15, 0.2) is 29.3 Å². The van der Waals surface area contributed by atoms with Gasteiger partial charge in [0, 0.05) is 13.1 Å². The zero-order valence-electron chi connectivity index (χ0n) is 12.8. The standard InChI is InChI=1S/C16H25N3O.HI/c1-12-6-8-19(9-7-12)16(17)18-11-15(20)14-5-3-4-13(2)10-14;/h3-5,10,12,15,20H,6-9,11H2,1-2H3,(H2,17,18);1H. The second kappa shape index (κ2) is 8.58. The second-order valence-corrected chi connectivity index (χ2v) is 5.80. The van der Waals surface area contributed by atoms with E-state index in [0.717, 1.165) is 43.0 Å². The number of nitrogens with zero attached hydrogens (tertiary/aromatic N) is 2. The van der Waals surface area contributed by atoms with Gasteiger partial charge in [0.05, 0.1) is 12.6 Å². The first-order valence-corrected chi connectivity index (χ1v) is 7.35. The highest BCUT2D eigenvalue weighted by molar-refractivity contribution is 14.0. The topological polar surface area (TPSA) is 61.9 Å². The number of rotatable bonds is 3. The van der Waals surface area contributed by atoms with Gasteiger partial charge < -0.3 is 15.7 Å². The quantitative estimate of drug-likeness (QED) is 0.464. The maximum Gasteiger partial charge on any atom is 0.191 e. The number of guanidine groups is 1. The van der Waals surface area contributed by atoms with Gasteiger partial charge in [0.25, 0.3) is 0 Å². The maximum absolute atomic E-state index is 10.2. The predicted molar refractivity (Wildman–Crippen MR) is 98.0 cm³/mol. The van der Waals surface area contributed by atoms with Crippen molar-refractivity contribution in [1.29, 1.82) is 0 Å². The van der Waals surface area contributed by atoms with E-state index in [2.05, 4.69) is 16.8 Å². The van der Waals surface area contributed by atoms with Crippen LogP contribution in [0.4, 0.5) is 0 Å². The molecule has 0 bridgehead atoms. The number of likely N-dealkylation sites (tertiary alicyclic amines) is 1. The van der Waals surface area contributed by atoms with E-state index in [0.29, 0.717) is 12.5 Å². The number of halogens is 1. The molecule has 4 nitrogen and oxygen atoms in total. The van der Waals surface area contributed by atoms with Crippen molar-refractivity contribution in [3.8, 4) is 0 Å². The molecule has 1 aliphatic rings. The lowest BCUT2D eigenvalue weighted by Gasteiger charge is -2.31. The van der Waals surface area contributed by atoms with Gasteiger partial charge in [0.1, 0.15) is 0 Å². The summed E-state index contributed by atoms with van der Waals surface area (Å²) in [4.78, 5) is 6.46. The molecule has 1 atom stereocenters.